The third-order valence-electron chi connectivity index (χ3n) is 5.15. The van der Waals surface area contributed by atoms with E-state index in [4.69, 9.17) is 4.74 Å². The summed E-state index contributed by atoms with van der Waals surface area (Å²) in [5, 5.41) is 0. The van der Waals surface area contributed by atoms with Crippen LogP contribution in [0.2, 0.25) is 0 Å². The largest absolute Gasteiger partial charge is 1.00 e. The number of hydrogen-bond acceptors (Lipinski definition) is 3. The summed E-state index contributed by atoms with van der Waals surface area (Å²) in [6, 6.07) is 0. The summed E-state index contributed by atoms with van der Waals surface area (Å²) in [6.45, 7) is 4.19. The monoisotopic (exact) mass is 390 g/mol. The van der Waals surface area contributed by atoms with Crippen molar-refractivity contribution >= 4 is 12.4 Å². The van der Waals surface area contributed by atoms with Crippen LogP contribution in [-0.4, -0.2) is 37.0 Å². The van der Waals surface area contributed by atoms with Crippen LogP contribution in [0.1, 0.15) is 111 Å². The van der Waals surface area contributed by atoms with E-state index in [1.54, 1.807) is 11.2 Å². The molecule has 1 rings (SSSR count). The Kier molecular flexibility index (Phi) is 20.6. The molecule has 0 spiro atoms. The molecule has 0 unspecified atom stereocenters. The first kappa shape index (κ1) is 26.9. The van der Waals surface area contributed by atoms with Crippen LogP contribution in [-0.2, 0) is 4.74 Å². The molecule has 1 heterocycles. The van der Waals surface area contributed by atoms with Crippen LogP contribution in [0.4, 0.5) is 4.79 Å². The number of nitrogens with zero attached hydrogens (tertiary/aromatic N) is 2. The van der Waals surface area contributed by atoms with E-state index < -0.39 is 0 Å². The molecule has 1 amide bonds. The fourth-order valence-electron chi connectivity index (χ4n) is 3.41. The molecule has 4 nitrogen and oxygen atoms in total. The molecular weight excluding hydrogens is 347 g/mol. The van der Waals surface area contributed by atoms with Gasteiger partial charge in [0, 0.05) is 6.54 Å². The molecule has 1 aliphatic heterocycles. The van der Waals surface area contributed by atoms with Crippen LogP contribution in [0.5, 0.6) is 0 Å². The zero-order valence-corrected chi connectivity index (χ0v) is 20.2. The predicted octanol–water partition coefficient (Wildman–Crippen LogP) is 3.84. The topological polar surface area (TPSA) is 41.9 Å². The van der Waals surface area contributed by atoms with Crippen LogP contribution in [0, 0.1) is 0 Å². The van der Waals surface area contributed by atoms with Gasteiger partial charge in [0.05, 0.1) is 19.5 Å². The fraction of sp³-hybridized carbons (Fsp3) is 0.909. The van der Waals surface area contributed by atoms with Gasteiger partial charge < -0.3 is 6.16 Å². The molecular formula is C22H43N2NaO2. The second-order valence-corrected chi connectivity index (χ2v) is 7.63. The zero-order valence-electron chi connectivity index (χ0n) is 19.2. The Morgan fingerprint density at radius 2 is 1.30 bits per heavy atom. The van der Waals surface area contributed by atoms with E-state index in [-0.39, 0.29) is 37.1 Å². The third-order valence-corrected chi connectivity index (χ3v) is 5.15. The standard InChI is InChI=1S/C22H42N2O2.Na.H/c1-2-3-4-5-6-7-8-9-10-11-12-13-14-15-16-17-20-26-22(25)24-19-18-23-21-24;;/h21H,2-20H2,1H3;;/q;+1;-1. The van der Waals surface area contributed by atoms with Crippen molar-refractivity contribution in [3.63, 3.8) is 0 Å². The van der Waals surface area contributed by atoms with Crippen LogP contribution in [0.25, 0.3) is 0 Å². The average molecular weight is 391 g/mol. The number of rotatable bonds is 17. The summed E-state index contributed by atoms with van der Waals surface area (Å²) in [6.07, 6.45) is 23.1. The van der Waals surface area contributed by atoms with Gasteiger partial charge in [0.1, 0.15) is 0 Å². The van der Waals surface area contributed by atoms with Crippen molar-refractivity contribution in [3.05, 3.63) is 0 Å². The van der Waals surface area contributed by atoms with E-state index in [9.17, 15) is 4.79 Å². The maximum absolute atomic E-state index is 11.6. The first-order valence-electron chi connectivity index (χ1n) is 11.3. The van der Waals surface area contributed by atoms with Crippen molar-refractivity contribution in [1.82, 2.24) is 4.90 Å². The molecule has 0 atom stereocenters. The summed E-state index contributed by atoms with van der Waals surface area (Å²) in [5.41, 5.74) is 0. The van der Waals surface area contributed by atoms with Crippen LogP contribution < -0.4 is 29.6 Å². The molecule has 0 aliphatic carbocycles. The first-order chi connectivity index (χ1) is 12.8. The van der Waals surface area contributed by atoms with E-state index >= 15 is 0 Å². The van der Waals surface area contributed by atoms with Crippen LogP contribution in [0.15, 0.2) is 4.99 Å². The zero-order chi connectivity index (χ0) is 18.7. The summed E-state index contributed by atoms with van der Waals surface area (Å²) < 4.78 is 5.24. The van der Waals surface area contributed by atoms with Gasteiger partial charge in [-0.05, 0) is 6.42 Å². The number of ether oxygens (including phenoxy) is 1. The second kappa shape index (κ2) is 20.7. The molecule has 27 heavy (non-hydrogen) atoms. The quantitative estimate of drug-likeness (QED) is 0.280. The molecule has 0 aromatic carbocycles. The Morgan fingerprint density at radius 1 is 0.852 bits per heavy atom. The van der Waals surface area contributed by atoms with Crippen molar-refractivity contribution in [2.45, 2.75) is 110 Å². The van der Waals surface area contributed by atoms with Gasteiger partial charge in [-0.15, -0.1) is 0 Å². The van der Waals surface area contributed by atoms with E-state index in [1.165, 1.54) is 96.3 Å². The predicted molar refractivity (Wildman–Crippen MR) is 112 cm³/mol. The van der Waals surface area contributed by atoms with Crippen LogP contribution in [0.3, 0.4) is 0 Å². The van der Waals surface area contributed by atoms with Gasteiger partial charge >= 0.3 is 35.7 Å². The molecule has 0 saturated carbocycles. The minimum Gasteiger partial charge on any atom is -1.00 e. The van der Waals surface area contributed by atoms with Crippen molar-refractivity contribution in [1.29, 1.82) is 0 Å². The molecule has 0 bridgehead atoms. The Hall–Kier alpha value is -0.0600. The summed E-state index contributed by atoms with van der Waals surface area (Å²) in [5.74, 6) is 0. The third kappa shape index (κ3) is 16.6. The number of hydrogen-bond donors (Lipinski definition) is 0. The first-order valence-corrected chi connectivity index (χ1v) is 11.3. The Labute approximate surface area is 191 Å². The van der Waals surface area contributed by atoms with Gasteiger partial charge in [-0.1, -0.05) is 103 Å². The molecule has 0 saturated heterocycles. The number of carbonyl (C=O) groups is 1. The van der Waals surface area contributed by atoms with Crippen LogP contribution >= 0.6 is 0 Å². The Balaban J connectivity index is 0. The molecule has 154 valence electrons. The Morgan fingerprint density at radius 3 is 1.70 bits per heavy atom. The van der Waals surface area contributed by atoms with Crippen molar-refractivity contribution < 1.29 is 40.5 Å². The minimum atomic E-state index is -0.243. The van der Waals surface area contributed by atoms with Crippen molar-refractivity contribution in [2.75, 3.05) is 19.7 Å². The molecule has 0 radical (unpaired) electrons. The van der Waals surface area contributed by atoms with E-state index in [2.05, 4.69) is 11.9 Å². The van der Waals surface area contributed by atoms with E-state index in [0.29, 0.717) is 19.7 Å². The van der Waals surface area contributed by atoms with Gasteiger partial charge in [0.25, 0.3) is 0 Å². The molecule has 0 N–H and O–H groups in total. The maximum atomic E-state index is 11.6. The van der Waals surface area contributed by atoms with Gasteiger partial charge in [0.15, 0.2) is 0 Å². The number of carbonyl (C=O) groups excluding carboxylic acids is 1. The van der Waals surface area contributed by atoms with E-state index in [1.807, 2.05) is 0 Å². The number of unbranched alkanes of at least 4 members (excludes halogenated alkanes) is 15. The smallest absolute Gasteiger partial charge is 1.00 e. The fourth-order valence-corrected chi connectivity index (χ4v) is 3.41. The second-order valence-electron chi connectivity index (χ2n) is 7.63. The van der Waals surface area contributed by atoms with Gasteiger partial charge in [-0.2, -0.15) is 0 Å². The number of aliphatic imine (C=N–C) groups is 1. The molecule has 1 aliphatic rings. The maximum Gasteiger partial charge on any atom is 1.00 e. The summed E-state index contributed by atoms with van der Waals surface area (Å²) in [7, 11) is 0. The van der Waals surface area contributed by atoms with Gasteiger partial charge in [-0.3, -0.25) is 9.89 Å². The summed E-state index contributed by atoms with van der Waals surface area (Å²) >= 11 is 0. The molecule has 0 aromatic rings. The molecule has 5 heteroatoms. The van der Waals surface area contributed by atoms with Gasteiger partial charge in [-0.25, -0.2) is 4.79 Å². The molecule has 0 aromatic heterocycles. The average Bonchev–Trinajstić information content (AvgIpc) is 3.19. The molecule has 0 fully saturated rings. The van der Waals surface area contributed by atoms with Crippen molar-refractivity contribution in [2.24, 2.45) is 4.99 Å². The van der Waals surface area contributed by atoms with Crippen molar-refractivity contribution in [3.8, 4) is 0 Å². The van der Waals surface area contributed by atoms with E-state index in [0.717, 1.165) is 6.42 Å². The normalized spacial score (nSPS) is 13.0. The SMILES string of the molecule is CCCCCCCCCCCCCCCCCCOC(=O)N1C=NCC1.[H-].[Na+]. The number of amides is 1. The Bertz CT molecular complexity index is 370. The van der Waals surface area contributed by atoms with Gasteiger partial charge in [0.2, 0.25) is 0 Å². The minimum absolute atomic E-state index is 0. The summed E-state index contributed by atoms with van der Waals surface area (Å²) in [4.78, 5) is 17.2.